The number of rotatable bonds is 6. The molecule has 1 amide bonds. The van der Waals surface area contributed by atoms with Gasteiger partial charge in [0.15, 0.2) is 0 Å². The Morgan fingerprint density at radius 3 is 2.44 bits per heavy atom. The zero-order chi connectivity index (χ0) is 13.1. The summed E-state index contributed by atoms with van der Waals surface area (Å²) in [5, 5.41) is 15.5. The summed E-state index contributed by atoms with van der Waals surface area (Å²) in [5.41, 5.74) is 0.0623. The van der Waals surface area contributed by atoms with E-state index in [1.165, 1.54) is 0 Å². The third kappa shape index (κ3) is 2.86. The van der Waals surface area contributed by atoms with Gasteiger partial charge in [0.2, 0.25) is 5.91 Å². The van der Waals surface area contributed by atoms with E-state index in [9.17, 15) is 4.79 Å². The number of piperidine rings is 1. The van der Waals surface area contributed by atoms with E-state index in [1.54, 1.807) is 0 Å². The standard InChI is InChI=1S/C14H26N2O2/c1-2-14(5-8-15-9-6-14)12(18)16-11-13(3-4-13)7-10-17/h15,17H,2-11H2,1H3,(H,16,18). The summed E-state index contributed by atoms with van der Waals surface area (Å²) < 4.78 is 0. The van der Waals surface area contributed by atoms with Gasteiger partial charge in [-0.2, -0.15) is 0 Å². The predicted octanol–water partition coefficient (Wildman–Crippen LogP) is 1.04. The van der Waals surface area contributed by atoms with Crippen molar-refractivity contribution in [2.45, 2.75) is 45.4 Å². The first-order chi connectivity index (χ1) is 8.66. The van der Waals surface area contributed by atoms with Crippen LogP contribution in [0.5, 0.6) is 0 Å². The molecule has 1 aliphatic carbocycles. The molecule has 1 saturated carbocycles. The Bertz CT molecular complexity index is 294. The Balaban J connectivity index is 1.86. The van der Waals surface area contributed by atoms with Crippen LogP contribution in [0.4, 0.5) is 0 Å². The molecule has 0 aromatic rings. The third-order valence-electron chi connectivity index (χ3n) is 4.94. The summed E-state index contributed by atoms with van der Waals surface area (Å²) in [6.07, 6.45) is 5.94. The molecule has 4 heteroatoms. The number of hydrogen-bond acceptors (Lipinski definition) is 3. The molecule has 2 rings (SSSR count). The maximum Gasteiger partial charge on any atom is 0.226 e. The fourth-order valence-corrected chi connectivity index (χ4v) is 3.03. The number of amides is 1. The Kier molecular flexibility index (Phi) is 4.28. The van der Waals surface area contributed by atoms with E-state index in [0.29, 0.717) is 0 Å². The van der Waals surface area contributed by atoms with Gasteiger partial charge in [-0.15, -0.1) is 0 Å². The second kappa shape index (κ2) is 5.57. The SMILES string of the molecule is CCC1(C(=O)NCC2(CCO)CC2)CCNCC1. The van der Waals surface area contributed by atoms with Gasteiger partial charge in [0.1, 0.15) is 0 Å². The zero-order valence-electron chi connectivity index (χ0n) is 11.4. The van der Waals surface area contributed by atoms with Crippen molar-refractivity contribution in [3.8, 4) is 0 Å². The summed E-state index contributed by atoms with van der Waals surface area (Å²) in [7, 11) is 0. The zero-order valence-corrected chi connectivity index (χ0v) is 11.4. The van der Waals surface area contributed by atoms with Crippen LogP contribution in [0.1, 0.15) is 45.4 Å². The normalized spacial score (nSPS) is 24.6. The van der Waals surface area contributed by atoms with Gasteiger partial charge in [-0.1, -0.05) is 6.92 Å². The summed E-state index contributed by atoms with van der Waals surface area (Å²) in [4.78, 5) is 12.4. The number of carbonyl (C=O) groups is 1. The van der Waals surface area contributed by atoms with Crippen LogP contribution in [0.2, 0.25) is 0 Å². The molecule has 1 heterocycles. The number of aliphatic hydroxyl groups is 1. The highest BCUT2D eigenvalue weighted by Crippen LogP contribution is 2.48. The largest absolute Gasteiger partial charge is 0.396 e. The maximum absolute atomic E-state index is 12.4. The van der Waals surface area contributed by atoms with E-state index in [-0.39, 0.29) is 23.3 Å². The molecule has 0 unspecified atom stereocenters. The van der Waals surface area contributed by atoms with Gasteiger partial charge >= 0.3 is 0 Å². The van der Waals surface area contributed by atoms with Crippen LogP contribution in [-0.4, -0.2) is 37.3 Å². The Morgan fingerprint density at radius 2 is 1.94 bits per heavy atom. The molecule has 18 heavy (non-hydrogen) atoms. The second-order valence-corrected chi connectivity index (χ2v) is 6.04. The number of hydrogen-bond donors (Lipinski definition) is 3. The van der Waals surface area contributed by atoms with Gasteiger partial charge < -0.3 is 15.7 Å². The number of nitrogens with one attached hydrogen (secondary N) is 2. The summed E-state index contributed by atoms with van der Waals surface area (Å²) in [6.45, 7) is 5.00. The second-order valence-electron chi connectivity index (χ2n) is 6.04. The minimum Gasteiger partial charge on any atom is -0.396 e. The van der Waals surface area contributed by atoms with Crippen LogP contribution in [0.15, 0.2) is 0 Å². The van der Waals surface area contributed by atoms with Crippen molar-refractivity contribution in [1.82, 2.24) is 10.6 Å². The first-order valence-corrected chi connectivity index (χ1v) is 7.26. The van der Waals surface area contributed by atoms with Crippen molar-refractivity contribution in [3.63, 3.8) is 0 Å². The molecule has 0 bridgehead atoms. The Morgan fingerprint density at radius 1 is 1.28 bits per heavy atom. The predicted molar refractivity (Wildman–Crippen MR) is 71.2 cm³/mol. The topological polar surface area (TPSA) is 61.4 Å². The average molecular weight is 254 g/mol. The minimum absolute atomic E-state index is 0.152. The lowest BCUT2D eigenvalue weighted by molar-refractivity contribution is -0.133. The van der Waals surface area contributed by atoms with Crippen molar-refractivity contribution >= 4 is 5.91 Å². The highest BCUT2D eigenvalue weighted by atomic mass is 16.3. The minimum atomic E-state index is -0.152. The number of aliphatic hydroxyl groups excluding tert-OH is 1. The fourth-order valence-electron chi connectivity index (χ4n) is 3.03. The van der Waals surface area contributed by atoms with Crippen LogP contribution in [0.3, 0.4) is 0 Å². The quantitative estimate of drug-likeness (QED) is 0.664. The summed E-state index contributed by atoms with van der Waals surface area (Å²) >= 11 is 0. The van der Waals surface area contributed by atoms with Crippen molar-refractivity contribution in [1.29, 1.82) is 0 Å². The van der Waals surface area contributed by atoms with Gasteiger partial charge in [-0.25, -0.2) is 0 Å². The van der Waals surface area contributed by atoms with Gasteiger partial charge in [-0.3, -0.25) is 4.79 Å². The monoisotopic (exact) mass is 254 g/mol. The lowest BCUT2D eigenvalue weighted by atomic mass is 9.75. The van der Waals surface area contributed by atoms with Crippen molar-refractivity contribution in [2.75, 3.05) is 26.2 Å². The van der Waals surface area contributed by atoms with Crippen LogP contribution in [0, 0.1) is 10.8 Å². The average Bonchev–Trinajstić information content (AvgIpc) is 3.17. The van der Waals surface area contributed by atoms with Crippen LogP contribution < -0.4 is 10.6 Å². The maximum atomic E-state index is 12.4. The lowest BCUT2D eigenvalue weighted by Gasteiger charge is -2.35. The van der Waals surface area contributed by atoms with Gasteiger partial charge in [0.05, 0.1) is 5.41 Å². The van der Waals surface area contributed by atoms with E-state index in [4.69, 9.17) is 5.11 Å². The summed E-state index contributed by atoms with van der Waals surface area (Å²) in [6, 6.07) is 0. The molecule has 3 N–H and O–H groups in total. The van der Waals surface area contributed by atoms with Crippen molar-refractivity contribution < 1.29 is 9.90 Å². The highest BCUT2D eigenvalue weighted by molar-refractivity contribution is 5.82. The molecule has 1 saturated heterocycles. The Labute approximate surface area is 110 Å². The molecular weight excluding hydrogens is 228 g/mol. The van der Waals surface area contributed by atoms with E-state index in [1.807, 2.05) is 0 Å². The summed E-state index contributed by atoms with van der Waals surface area (Å²) in [5.74, 6) is 0.232. The Hall–Kier alpha value is -0.610. The van der Waals surface area contributed by atoms with E-state index in [2.05, 4.69) is 17.6 Å². The molecule has 2 fully saturated rings. The van der Waals surface area contributed by atoms with Crippen molar-refractivity contribution in [3.05, 3.63) is 0 Å². The molecule has 0 atom stereocenters. The van der Waals surface area contributed by atoms with Gasteiger partial charge in [-0.05, 0) is 57.0 Å². The van der Waals surface area contributed by atoms with Crippen molar-refractivity contribution in [2.24, 2.45) is 10.8 Å². The molecule has 2 aliphatic rings. The third-order valence-corrected chi connectivity index (χ3v) is 4.94. The molecular formula is C14H26N2O2. The van der Waals surface area contributed by atoms with Crippen LogP contribution >= 0.6 is 0 Å². The number of carbonyl (C=O) groups excluding carboxylic acids is 1. The van der Waals surface area contributed by atoms with Crippen LogP contribution in [0.25, 0.3) is 0 Å². The molecule has 104 valence electrons. The van der Waals surface area contributed by atoms with Gasteiger partial charge in [0.25, 0.3) is 0 Å². The fraction of sp³-hybridized carbons (Fsp3) is 0.929. The lowest BCUT2D eigenvalue weighted by Crippen LogP contribution is -2.48. The van der Waals surface area contributed by atoms with Gasteiger partial charge in [0, 0.05) is 13.2 Å². The van der Waals surface area contributed by atoms with Crippen LogP contribution in [-0.2, 0) is 4.79 Å². The first-order valence-electron chi connectivity index (χ1n) is 7.26. The molecule has 1 aliphatic heterocycles. The van der Waals surface area contributed by atoms with E-state index in [0.717, 1.165) is 58.2 Å². The molecule has 0 aromatic carbocycles. The molecule has 4 nitrogen and oxygen atoms in total. The molecule has 0 aromatic heterocycles. The van der Waals surface area contributed by atoms with E-state index < -0.39 is 0 Å². The van der Waals surface area contributed by atoms with E-state index >= 15 is 0 Å². The molecule has 0 radical (unpaired) electrons. The highest BCUT2D eigenvalue weighted by Gasteiger charge is 2.44. The smallest absolute Gasteiger partial charge is 0.226 e. The first kappa shape index (κ1) is 13.8. The molecule has 0 spiro atoms.